The molecule has 0 spiro atoms. The number of nitrogen functional groups attached to an aromatic ring is 1. The number of nitrogens with zero attached hydrogens (tertiary/aromatic N) is 3. The minimum absolute atomic E-state index is 0.218. The summed E-state index contributed by atoms with van der Waals surface area (Å²) in [6, 6.07) is 5.31. The van der Waals surface area contributed by atoms with E-state index >= 15 is 0 Å². The van der Waals surface area contributed by atoms with Gasteiger partial charge in [0.05, 0.1) is 5.52 Å². The Morgan fingerprint density at radius 1 is 1.33 bits per heavy atom. The summed E-state index contributed by atoms with van der Waals surface area (Å²) in [4.78, 5) is 16.1. The lowest BCUT2D eigenvalue weighted by Crippen LogP contribution is -2.25. The molecule has 1 amide bonds. The number of carbonyl (C=O) groups is 1. The summed E-state index contributed by atoms with van der Waals surface area (Å²) in [6.45, 7) is 0.538. The molecule has 0 unspecified atom stereocenters. The van der Waals surface area contributed by atoms with E-state index in [9.17, 15) is 4.79 Å². The minimum atomic E-state index is -0.218. The predicted molar refractivity (Wildman–Crippen MR) is 77.5 cm³/mol. The summed E-state index contributed by atoms with van der Waals surface area (Å²) in [5, 5.41) is 17.0. The van der Waals surface area contributed by atoms with Crippen molar-refractivity contribution in [1.29, 1.82) is 0 Å². The molecule has 3 aromatic rings. The fourth-order valence-electron chi connectivity index (χ4n) is 2.10. The van der Waals surface area contributed by atoms with Crippen molar-refractivity contribution in [1.82, 2.24) is 30.7 Å². The number of amides is 1. The molecule has 2 heterocycles. The maximum absolute atomic E-state index is 12.1. The van der Waals surface area contributed by atoms with Crippen LogP contribution in [0.15, 0.2) is 24.5 Å². The molecule has 3 rings (SSSR count). The molecule has 2 aromatic heterocycles. The molecule has 0 bridgehead atoms. The number of benzene rings is 1. The van der Waals surface area contributed by atoms with Gasteiger partial charge in [0.25, 0.3) is 5.91 Å². The van der Waals surface area contributed by atoms with Crippen molar-refractivity contribution in [2.75, 3.05) is 12.3 Å². The maximum Gasteiger partial charge on any atom is 0.272 e. The summed E-state index contributed by atoms with van der Waals surface area (Å²) < 4.78 is 0. The molecule has 8 nitrogen and oxygen atoms in total. The molecule has 0 saturated carbocycles. The Labute approximate surface area is 120 Å². The number of fused-ring (bicyclic) bond motifs is 1. The number of rotatable bonds is 5. The standard InChI is InChI=1S/C13H15N7O/c14-8-3-4-10-9(6-8)12(20-18-10)13(21)15-5-1-2-11-16-7-17-19-11/h3-4,6-7H,1-2,5,14H2,(H,15,21)(H,18,20)(H,16,17,19). The van der Waals surface area contributed by atoms with E-state index in [1.807, 2.05) is 0 Å². The summed E-state index contributed by atoms with van der Waals surface area (Å²) in [7, 11) is 0. The fourth-order valence-corrected chi connectivity index (χ4v) is 2.10. The van der Waals surface area contributed by atoms with Crippen LogP contribution >= 0.6 is 0 Å². The van der Waals surface area contributed by atoms with Gasteiger partial charge in [0.15, 0.2) is 5.69 Å². The predicted octanol–water partition coefficient (Wildman–Crippen LogP) is 0.626. The average Bonchev–Trinajstić information content (AvgIpc) is 3.12. The molecule has 108 valence electrons. The van der Waals surface area contributed by atoms with Gasteiger partial charge < -0.3 is 11.1 Å². The van der Waals surface area contributed by atoms with Crippen LogP contribution in [0.2, 0.25) is 0 Å². The number of H-pyrrole nitrogens is 2. The van der Waals surface area contributed by atoms with Gasteiger partial charge >= 0.3 is 0 Å². The topological polar surface area (TPSA) is 125 Å². The summed E-state index contributed by atoms with van der Waals surface area (Å²) in [6.07, 6.45) is 2.97. The quantitative estimate of drug-likeness (QED) is 0.404. The molecule has 1 aromatic carbocycles. The lowest BCUT2D eigenvalue weighted by molar-refractivity contribution is 0.0950. The Kier molecular flexibility index (Phi) is 3.50. The summed E-state index contributed by atoms with van der Waals surface area (Å²) in [5.74, 6) is 0.590. The zero-order chi connectivity index (χ0) is 14.7. The van der Waals surface area contributed by atoms with E-state index in [0.717, 1.165) is 29.6 Å². The second-order valence-corrected chi connectivity index (χ2v) is 4.67. The SMILES string of the molecule is Nc1ccc2[nH]nc(C(=O)NCCCc3ncn[nH]3)c2c1. The summed E-state index contributed by atoms with van der Waals surface area (Å²) >= 11 is 0. The second kappa shape index (κ2) is 5.61. The first kappa shape index (κ1) is 13.1. The largest absolute Gasteiger partial charge is 0.399 e. The molecule has 0 radical (unpaired) electrons. The number of aromatic nitrogens is 5. The second-order valence-electron chi connectivity index (χ2n) is 4.67. The smallest absolute Gasteiger partial charge is 0.272 e. The van der Waals surface area contributed by atoms with Crippen LogP contribution in [-0.2, 0) is 6.42 Å². The van der Waals surface area contributed by atoms with E-state index in [1.165, 1.54) is 6.33 Å². The van der Waals surface area contributed by atoms with Crippen molar-refractivity contribution in [3.63, 3.8) is 0 Å². The van der Waals surface area contributed by atoms with E-state index in [1.54, 1.807) is 18.2 Å². The highest BCUT2D eigenvalue weighted by atomic mass is 16.1. The number of hydrogen-bond acceptors (Lipinski definition) is 5. The molecular weight excluding hydrogens is 270 g/mol. The van der Waals surface area contributed by atoms with Crippen LogP contribution in [0.4, 0.5) is 5.69 Å². The van der Waals surface area contributed by atoms with Crippen molar-refractivity contribution >= 4 is 22.5 Å². The highest BCUT2D eigenvalue weighted by Crippen LogP contribution is 2.18. The molecule has 0 aliphatic heterocycles. The van der Waals surface area contributed by atoms with E-state index < -0.39 is 0 Å². The van der Waals surface area contributed by atoms with Gasteiger partial charge in [0.1, 0.15) is 12.2 Å². The first-order valence-corrected chi connectivity index (χ1v) is 6.60. The fraction of sp³-hybridized carbons (Fsp3) is 0.231. The summed E-state index contributed by atoms with van der Waals surface area (Å²) in [5.41, 5.74) is 7.48. The van der Waals surface area contributed by atoms with Crippen LogP contribution < -0.4 is 11.1 Å². The Morgan fingerprint density at radius 3 is 3.05 bits per heavy atom. The van der Waals surface area contributed by atoms with E-state index in [-0.39, 0.29) is 5.91 Å². The van der Waals surface area contributed by atoms with Crippen LogP contribution in [0.1, 0.15) is 22.7 Å². The van der Waals surface area contributed by atoms with Crippen molar-refractivity contribution in [3.8, 4) is 0 Å². The number of aromatic amines is 2. The van der Waals surface area contributed by atoms with Crippen LogP contribution in [0.5, 0.6) is 0 Å². The normalized spacial score (nSPS) is 10.9. The molecule has 0 aliphatic carbocycles. The third kappa shape index (κ3) is 2.83. The third-order valence-corrected chi connectivity index (χ3v) is 3.14. The van der Waals surface area contributed by atoms with Crippen LogP contribution in [0.25, 0.3) is 10.9 Å². The van der Waals surface area contributed by atoms with Gasteiger partial charge in [-0.1, -0.05) is 0 Å². The lowest BCUT2D eigenvalue weighted by Gasteiger charge is -2.02. The number of nitrogens with one attached hydrogen (secondary N) is 3. The molecular formula is C13H15N7O. The Balaban J connectivity index is 1.60. The van der Waals surface area contributed by atoms with E-state index in [2.05, 4.69) is 30.7 Å². The van der Waals surface area contributed by atoms with E-state index in [0.29, 0.717) is 17.9 Å². The van der Waals surface area contributed by atoms with Crippen LogP contribution in [0, 0.1) is 0 Å². The Bertz CT molecular complexity index is 747. The lowest BCUT2D eigenvalue weighted by atomic mass is 10.2. The van der Waals surface area contributed by atoms with Gasteiger partial charge in [-0.2, -0.15) is 10.2 Å². The van der Waals surface area contributed by atoms with Gasteiger partial charge in [0.2, 0.25) is 0 Å². The molecule has 0 fully saturated rings. The molecule has 0 aliphatic rings. The molecule has 0 atom stereocenters. The number of hydrogen-bond donors (Lipinski definition) is 4. The van der Waals surface area contributed by atoms with Crippen molar-refractivity contribution in [2.24, 2.45) is 0 Å². The molecule has 21 heavy (non-hydrogen) atoms. The number of anilines is 1. The van der Waals surface area contributed by atoms with E-state index in [4.69, 9.17) is 5.73 Å². The number of aryl methyl sites for hydroxylation is 1. The van der Waals surface area contributed by atoms with Crippen molar-refractivity contribution in [3.05, 3.63) is 36.0 Å². The Morgan fingerprint density at radius 2 is 2.24 bits per heavy atom. The molecule has 8 heteroatoms. The third-order valence-electron chi connectivity index (χ3n) is 3.14. The number of nitrogens with two attached hydrogens (primary N) is 1. The van der Waals surface area contributed by atoms with Crippen molar-refractivity contribution < 1.29 is 4.79 Å². The minimum Gasteiger partial charge on any atom is -0.399 e. The van der Waals surface area contributed by atoms with Gasteiger partial charge in [-0.3, -0.25) is 15.0 Å². The zero-order valence-electron chi connectivity index (χ0n) is 11.3. The van der Waals surface area contributed by atoms with Gasteiger partial charge in [0, 0.05) is 24.0 Å². The highest BCUT2D eigenvalue weighted by Gasteiger charge is 2.13. The first-order chi connectivity index (χ1) is 10.2. The monoisotopic (exact) mass is 285 g/mol. The highest BCUT2D eigenvalue weighted by molar-refractivity contribution is 6.05. The van der Waals surface area contributed by atoms with Gasteiger partial charge in [-0.25, -0.2) is 4.98 Å². The van der Waals surface area contributed by atoms with Crippen LogP contribution in [0.3, 0.4) is 0 Å². The van der Waals surface area contributed by atoms with Gasteiger partial charge in [-0.15, -0.1) is 0 Å². The van der Waals surface area contributed by atoms with Crippen molar-refractivity contribution in [2.45, 2.75) is 12.8 Å². The maximum atomic E-state index is 12.1. The molecule has 0 saturated heterocycles. The molecule has 5 N–H and O–H groups in total. The average molecular weight is 285 g/mol. The first-order valence-electron chi connectivity index (χ1n) is 6.60. The van der Waals surface area contributed by atoms with Crippen LogP contribution in [-0.4, -0.2) is 37.8 Å². The zero-order valence-corrected chi connectivity index (χ0v) is 11.3. The van der Waals surface area contributed by atoms with Gasteiger partial charge in [-0.05, 0) is 24.6 Å². The number of carbonyl (C=O) groups excluding carboxylic acids is 1. The Hall–Kier alpha value is -2.90.